The van der Waals surface area contributed by atoms with E-state index in [2.05, 4.69) is 0 Å². The van der Waals surface area contributed by atoms with Crippen LogP contribution in [-0.4, -0.2) is 17.9 Å². The topological polar surface area (TPSA) is 20.2 Å². The van der Waals surface area contributed by atoms with Gasteiger partial charge in [-0.15, -0.1) is 0 Å². The summed E-state index contributed by atoms with van der Waals surface area (Å²) in [5, 5.41) is 9.18. The molecule has 0 aliphatic heterocycles. The Kier molecular flexibility index (Phi) is 3.29. The molecule has 0 aromatic heterocycles. The van der Waals surface area contributed by atoms with E-state index in [1.807, 2.05) is 27.7 Å². The maximum Gasteiger partial charge on any atom is 0.116 e. The fourth-order valence-electron chi connectivity index (χ4n) is 0.584. The maximum absolute atomic E-state index is 12.0. The highest BCUT2D eigenvalue weighted by atomic mass is 19.1. The Bertz CT molecular complexity index is 99.4. The Morgan fingerprint density at radius 2 is 1.80 bits per heavy atom. The van der Waals surface area contributed by atoms with E-state index in [1.54, 1.807) is 0 Å². The molecule has 0 rings (SSSR count). The summed E-state index contributed by atoms with van der Waals surface area (Å²) >= 11 is 0. The summed E-state index contributed by atoms with van der Waals surface area (Å²) in [6.07, 6.45) is -0.826. The molecule has 0 bridgehead atoms. The van der Waals surface area contributed by atoms with Gasteiger partial charge in [-0.3, -0.25) is 0 Å². The van der Waals surface area contributed by atoms with Crippen molar-refractivity contribution in [1.82, 2.24) is 0 Å². The van der Waals surface area contributed by atoms with Gasteiger partial charge >= 0.3 is 0 Å². The lowest BCUT2D eigenvalue weighted by Crippen LogP contribution is -2.35. The Morgan fingerprint density at radius 3 is 1.90 bits per heavy atom. The Labute approximate surface area is 62.3 Å². The van der Waals surface area contributed by atoms with E-state index in [1.165, 1.54) is 0 Å². The van der Waals surface area contributed by atoms with Crippen LogP contribution in [0.25, 0.3) is 0 Å². The number of aliphatic hydroxyl groups excluding tert-OH is 1. The third kappa shape index (κ3) is 1.94. The maximum atomic E-state index is 12.0. The first-order chi connectivity index (χ1) is 4.42. The Hall–Kier alpha value is -0.110. The van der Waals surface area contributed by atoms with E-state index in [0.717, 1.165) is 0 Å². The third-order valence-electron chi connectivity index (χ3n) is 2.49. The standard InChI is InChI=1S/C8H17FO/c1-6(2)8(3,4)7(10)5-9/h6-7,10H,5H2,1-4H3/t7-/m1/s1. The van der Waals surface area contributed by atoms with E-state index in [9.17, 15) is 9.50 Å². The van der Waals surface area contributed by atoms with E-state index < -0.39 is 12.8 Å². The molecule has 0 spiro atoms. The van der Waals surface area contributed by atoms with Gasteiger partial charge in [-0.25, -0.2) is 4.39 Å². The SMILES string of the molecule is CC(C)C(C)(C)[C@H](O)CF. The van der Waals surface area contributed by atoms with Gasteiger partial charge in [-0.05, 0) is 11.3 Å². The molecule has 0 unspecified atom stereocenters. The van der Waals surface area contributed by atoms with Crippen molar-refractivity contribution in [1.29, 1.82) is 0 Å². The van der Waals surface area contributed by atoms with Crippen LogP contribution in [0.15, 0.2) is 0 Å². The highest BCUT2D eigenvalue weighted by Gasteiger charge is 2.30. The average Bonchev–Trinajstić information content (AvgIpc) is 1.86. The van der Waals surface area contributed by atoms with Gasteiger partial charge in [-0.2, -0.15) is 0 Å². The third-order valence-corrected chi connectivity index (χ3v) is 2.49. The molecule has 0 heterocycles. The van der Waals surface area contributed by atoms with Crippen molar-refractivity contribution in [2.45, 2.75) is 33.8 Å². The minimum absolute atomic E-state index is 0.304. The lowest BCUT2D eigenvalue weighted by Gasteiger charge is -2.32. The first kappa shape index (κ1) is 9.89. The second-order valence-electron chi connectivity index (χ2n) is 3.65. The highest BCUT2D eigenvalue weighted by molar-refractivity contribution is 4.79. The van der Waals surface area contributed by atoms with Crippen LogP contribution in [0, 0.1) is 11.3 Å². The van der Waals surface area contributed by atoms with E-state index in [4.69, 9.17) is 0 Å². The molecule has 0 amide bonds. The van der Waals surface area contributed by atoms with E-state index in [-0.39, 0.29) is 5.41 Å². The second kappa shape index (κ2) is 3.33. The molecule has 0 radical (unpaired) electrons. The molecule has 0 aromatic rings. The van der Waals surface area contributed by atoms with Crippen LogP contribution in [0.3, 0.4) is 0 Å². The van der Waals surface area contributed by atoms with Crippen molar-refractivity contribution in [3.05, 3.63) is 0 Å². The molecule has 1 N–H and O–H groups in total. The van der Waals surface area contributed by atoms with Gasteiger partial charge in [-0.1, -0.05) is 27.7 Å². The summed E-state index contributed by atoms with van der Waals surface area (Å²) in [7, 11) is 0. The number of hydrogen-bond donors (Lipinski definition) is 1. The van der Waals surface area contributed by atoms with Gasteiger partial charge in [0.1, 0.15) is 6.67 Å². The van der Waals surface area contributed by atoms with Gasteiger partial charge < -0.3 is 5.11 Å². The molecular weight excluding hydrogens is 131 g/mol. The normalized spacial score (nSPS) is 15.9. The number of halogens is 1. The Balaban J connectivity index is 4.09. The predicted molar refractivity (Wildman–Crippen MR) is 40.6 cm³/mol. The van der Waals surface area contributed by atoms with Crippen LogP contribution in [0.1, 0.15) is 27.7 Å². The van der Waals surface area contributed by atoms with Crippen molar-refractivity contribution in [2.75, 3.05) is 6.67 Å². The molecule has 0 aliphatic carbocycles. The van der Waals surface area contributed by atoms with Crippen molar-refractivity contribution < 1.29 is 9.50 Å². The fourth-order valence-corrected chi connectivity index (χ4v) is 0.584. The molecule has 0 saturated heterocycles. The largest absolute Gasteiger partial charge is 0.390 e. The van der Waals surface area contributed by atoms with Gasteiger partial charge in [0.05, 0.1) is 6.10 Å². The molecule has 0 aromatic carbocycles. The summed E-state index contributed by atoms with van der Waals surface area (Å²) < 4.78 is 12.0. The predicted octanol–water partition coefficient (Wildman–Crippen LogP) is 2.00. The van der Waals surface area contributed by atoms with Crippen LogP contribution in [-0.2, 0) is 0 Å². The highest BCUT2D eigenvalue weighted by Crippen LogP contribution is 2.30. The van der Waals surface area contributed by atoms with Gasteiger partial charge in [0.25, 0.3) is 0 Å². The number of alkyl halides is 1. The average molecular weight is 148 g/mol. The smallest absolute Gasteiger partial charge is 0.116 e. The first-order valence-electron chi connectivity index (χ1n) is 3.67. The molecule has 62 valence electrons. The zero-order valence-corrected chi connectivity index (χ0v) is 7.19. The molecule has 1 nitrogen and oxygen atoms in total. The molecule has 10 heavy (non-hydrogen) atoms. The minimum Gasteiger partial charge on any atom is -0.390 e. The zero-order valence-electron chi connectivity index (χ0n) is 7.19. The summed E-state index contributed by atoms with van der Waals surface area (Å²) in [5.41, 5.74) is -0.311. The van der Waals surface area contributed by atoms with Gasteiger partial charge in [0, 0.05) is 0 Å². The van der Waals surface area contributed by atoms with E-state index >= 15 is 0 Å². The van der Waals surface area contributed by atoms with Gasteiger partial charge in [0.15, 0.2) is 0 Å². The van der Waals surface area contributed by atoms with Crippen LogP contribution in [0.2, 0.25) is 0 Å². The van der Waals surface area contributed by atoms with Crippen LogP contribution in [0.5, 0.6) is 0 Å². The molecular formula is C8H17FO. The van der Waals surface area contributed by atoms with Crippen LogP contribution in [0.4, 0.5) is 4.39 Å². The number of hydrogen-bond acceptors (Lipinski definition) is 1. The lowest BCUT2D eigenvalue weighted by molar-refractivity contribution is 0.000597. The van der Waals surface area contributed by atoms with Crippen LogP contribution < -0.4 is 0 Å². The zero-order chi connectivity index (χ0) is 8.36. The second-order valence-corrected chi connectivity index (χ2v) is 3.65. The first-order valence-corrected chi connectivity index (χ1v) is 3.67. The summed E-state index contributed by atoms with van der Waals surface area (Å²) in [5.74, 6) is 0.304. The summed E-state index contributed by atoms with van der Waals surface area (Å²) in [4.78, 5) is 0. The quantitative estimate of drug-likeness (QED) is 0.649. The monoisotopic (exact) mass is 148 g/mol. The Morgan fingerprint density at radius 1 is 1.40 bits per heavy atom. The molecule has 0 saturated carbocycles. The molecule has 1 atom stereocenters. The fraction of sp³-hybridized carbons (Fsp3) is 1.00. The van der Waals surface area contributed by atoms with Crippen molar-refractivity contribution in [3.8, 4) is 0 Å². The molecule has 0 aliphatic rings. The molecule has 0 fully saturated rings. The summed E-state index contributed by atoms with van der Waals surface area (Å²) in [6, 6.07) is 0. The lowest BCUT2D eigenvalue weighted by atomic mass is 9.77. The van der Waals surface area contributed by atoms with Crippen molar-refractivity contribution >= 4 is 0 Å². The number of aliphatic hydroxyl groups is 1. The summed E-state index contributed by atoms with van der Waals surface area (Å²) in [6.45, 7) is 7.08. The minimum atomic E-state index is -0.826. The van der Waals surface area contributed by atoms with Crippen LogP contribution >= 0.6 is 0 Å². The van der Waals surface area contributed by atoms with Crippen molar-refractivity contribution in [2.24, 2.45) is 11.3 Å². The van der Waals surface area contributed by atoms with E-state index in [0.29, 0.717) is 5.92 Å². The van der Waals surface area contributed by atoms with Gasteiger partial charge in [0.2, 0.25) is 0 Å². The van der Waals surface area contributed by atoms with Crippen molar-refractivity contribution in [3.63, 3.8) is 0 Å². The molecule has 2 heteroatoms. The number of rotatable bonds is 3.